The van der Waals surface area contributed by atoms with E-state index in [1.807, 2.05) is 17.7 Å². The summed E-state index contributed by atoms with van der Waals surface area (Å²) >= 11 is 0. The summed E-state index contributed by atoms with van der Waals surface area (Å²) in [5.41, 5.74) is 0.965. The molecular weight excluding hydrogens is 238 g/mol. The molecule has 1 aliphatic rings. The van der Waals surface area contributed by atoms with Crippen LogP contribution in [-0.4, -0.2) is 36.0 Å². The molecule has 0 spiro atoms. The summed E-state index contributed by atoms with van der Waals surface area (Å²) in [5, 5.41) is 3.36. The summed E-state index contributed by atoms with van der Waals surface area (Å²) in [5.74, 6) is 1.10. The Hall–Kier alpha value is -1.04. The van der Waals surface area contributed by atoms with Crippen molar-refractivity contribution >= 4 is 15.8 Å². The smallest absolute Gasteiger partial charge is 0.203 e. The first-order valence-corrected chi connectivity index (χ1v) is 7.98. The summed E-state index contributed by atoms with van der Waals surface area (Å²) in [6.45, 7) is 2.65. The fourth-order valence-electron chi connectivity index (χ4n) is 1.74. The fourth-order valence-corrected chi connectivity index (χ4v) is 2.39. The van der Waals surface area contributed by atoms with Gasteiger partial charge in [0.05, 0.1) is 11.4 Å². The lowest BCUT2D eigenvalue weighted by molar-refractivity contribution is 0.592. The molecule has 2 rings (SSSR count). The van der Waals surface area contributed by atoms with E-state index in [0.29, 0.717) is 19.0 Å². The average Bonchev–Trinajstić information content (AvgIpc) is 2.91. The number of aryl methyl sites for hydroxylation is 2. The fraction of sp³-hybridized carbons (Fsp3) is 0.727. The molecule has 17 heavy (non-hydrogen) atoms. The Morgan fingerprint density at radius 2 is 2.24 bits per heavy atom. The molecule has 1 aliphatic carbocycles. The van der Waals surface area contributed by atoms with Gasteiger partial charge in [-0.05, 0) is 26.2 Å². The number of nitrogens with one attached hydrogen (secondary N) is 1. The van der Waals surface area contributed by atoms with Gasteiger partial charge in [0.2, 0.25) is 5.95 Å². The van der Waals surface area contributed by atoms with Crippen LogP contribution < -0.4 is 5.32 Å². The molecule has 0 aliphatic heterocycles. The predicted octanol–water partition coefficient (Wildman–Crippen LogP) is 1.20. The molecule has 1 fully saturated rings. The SMILES string of the molecule is Cc1cn(CCCS(C)(=O)=O)c(NC2CC2)n1. The Labute approximate surface area is 102 Å². The van der Waals surface area contributed by atoms with Gasteiger partial charge >= 0.3 is 0 Å². The molecule has 5 nitrogen and oxygen atoms in total. The minimum atomic E-state index is -2.87. The van der Waals surface area contributed by atoms with Gasteiger partial charge < -0.3 is 9.88 Å². The summed E-state index contributed by atoms with van der Waals surface area (Å²) in [6.07, 6.45) is 6.28. The maximum absolute atomic E-state index is 11.1. The molecule has 0 amide bonds. The van der Waals surface area contributed by atoms with Gasteiger partial charge in [0, 0.05) is 25.0 Å². The van der Waals surface area contributed by atoms with Crippen molar-refractivity contribution in [2.75, 3.05) is 17.3 Å². The lowest BCUT2D eigenvalue weighted by Gasteiger charge is -2.08. The number of nitrogens with zero attached hydrogens (tertiary/aromatic N) is 2. The molecule has 0 bridgehead atoms. The maximum Gasteiger partial charge on any atom is 0.203 e. The van der Waals surface area contributed by atoms with E-state index in [4.69, 9.17) is 0 Å². The van der Waals surface area contributed by atoms with Crippen molar-refractivity contribution < 1.29 is 8.42 Å². The minimum absolute atomic E-state index is 0.229. The number of aromatic nitrogens is 2. The quantitative estimate of drug-likeness (QED) is 0.831. The number of imidazole rings is 1. The van der Waals surface area contributed by atoms with Gasteiger partial charge in [-0.3, -0.25) is 0 Å². The number of hydrogen-bond donors (Lipinski definition) is 1. The zero-order valence-corrected chi connectivity index (χ0v) is 11.1. The van der Waals surface area contributed by atoms with Crippen molar-refractivity contribution in [2.24, 2.45) is 0 Å². The molecule has 0 saturated heterocycles. The van der Waals surface area contributed by atoms with Crippen LogP contribution in [0, 0.1) is 6.92 Å². The summed E-state index contributed by atoms with van der Waals surface area (Å²) in [4.78, 5) is 4.41. The van der Waals surface area contributed by atoms with Crippen molar-refractivity contribution in [2.45, 2.75) is 38.8 Å². The molecule has 1 heterocycles. The minimum Gasteiger partial charge on any atom is -0.353 e. The topological polar surface area (TPSA) is 64.0 Å². The van der Waals surface area contributed by atoms with Crippen LogP contribution in [0.15, 0.2) is 6.20 Å². The molecule has 0 atom stereocenters. The van der Waals surface area contributed by atoms with E-state index in [1.54, 1.807) is 0 Å². The highest BCUT2D eigenvalue weighted by Gasteiger charge is 2.22. The van der Waals surface area contributed by atoms with E-state index in [0.717, 1.165) is 11.6 Å². The van der Waals surface area contributed by atoms with Crippen molar-refractivity contribution in [3.63, 3.8) is 0 Å². The first kappa shape index (κ1) is 12.4. The van der Waals surface area contributed by atoms with E-state index in [9.17, 15) is 8.42 Å². The molecule has 96 valence electrons. The number of anilines is 1. The molecule has 0 aromatic carbocycles. The largest absolute Gasteiger partial charge is 0.353 e. The highest BCUT2D eigenvalue weighted by Crippen LogP contribution is 2.24. The second-order valence-electron chi connectivity index (χ2n) is 4.80. The van der Waals surface area contributed by atoms with Crippen LogP contribution in [0.5, 0.6) is 0 Å². The predicted molar refractivity (Wildman–Crippen MR) is 67.9 cm³/mol. The molecule has 1 aromatic heterocycles. The molecule has 1 N–H and O–H groups in total. The molecular formula is C11H19N3O2S. The Bertz CT molecular complexity index is 489. The zero-order valence-electron chi connectivity index (χ0n) is 10.3. The second-order valence-corrected chi connectivity index (χ2v) is 7.06. The number of rotatable bonds is 6. The molecule has 1 aromatic rings. The third kappa shape index (κ3) is 4.03. The van der Waals surface area contributed by atoms with E-state index in [-0.39, 0.29) is 5.75 Å². The number of hydrogen-bond acceptors (Lipinski definition) is 4. The third-order valence-corrected chi connectivity index (χ3v) is 3.75. The van der Waals surface area contributed by atoms with Crippen LogP contribution in [0.4, 0.5) is 5.95 Å². The lowest BCUT2D eigenvalue weighted by atomic mass is 10.4. The molecule has 6 heteroatoms. The average molecular weight is 257 g/mol. The molecule has 0 unspecified atom stereocenters. The van der Waals surface area contributed by atoms with Gasteiger partial charge in [0.1, 0.15) is 9.84 Å². The second kappa shape index (κ2) is 4.68. The van der Waals surface area contributed by atoms with Crippen molar-refractivity contribution in [1.29, 1.82) is 0 Å². The van der Waals surface area contributed by atoms with Crippen LogP contribution in [0.2, 0.25) is 0 Å². The van der Waals surface area contributed by atoms with Crippen LogP contribution >= 0.6 is 0 Å². The van der Waals surface area contributed by atoms with Gasteiger partial charge in [0.15, 0.2) is 0 Å². The summed E-state index contributed by atoms with van der Waals surface area (Å²) < 4.78 is 24.1. The van der Waals surface area contributed by atoms with Crippen LogP contribution in [0.25, 0.3) is 0 Å². The van der Waals surface area contributed by atoms with Crippen LogP contribution in [0.3, 0.4) is 0 Å². The Balaban J connectivity index is 1.94. The van der Waals surface area contributed by atoms with Crippen LogP contribution in [0.1, 0.15) is 25.0 Å². The van der Waals surface area contributed by atoms with Crippen molar-refractivity contribution in [3.05, 3.63) is 11.9 Å². The Kier molecular flexibility index (Phi) is 3.42. The standard InChI is InChI=1S/C11H19N3O2S/c1-9-8-14(6-3-7-17(2,15)16)11(12-9)13-10-4-5-10/h8,10H,3-7H2,1-2H3,(H,12,13). The normalized spacial score (nSPS) is 16.1. The zero-order chi connectivity index (χ0) is 12.5. The highest BCUT2D eigenvalue weighted by molar-refractivity contribution is 7.90. The van der Waals surface area contributed by atoms with Gasteiger partial charge in [-0.15, -0.1) is 0 Å². The third-order valence-electron chi connectivity index (χ3n) is 2.72. The van der Waals surface area contributed by atoms with Gasteiger partial charge in [-0.2, -0.15) is 0 Å². The monoisotopic (exact) mass is 257 g/mol. The Morgan fingerprint density at radius 3 is 2.82 bits per heavy atom. The molecule has 0 radical (unpaired) electrons. The summed E-state index contributed by atoms with van der Waals surface area (Å²) in [6, 6.07) is 0.561. The molecule has 1 saturated carbocycles. The lowest BCUT2D eigenvalue weighted by Crippen LogP contribution is -2.11. The van der Waals surface area contributed by atoms with E-state index >= 15 is 0 Å². The van der Waals surface area contributed by atoms with Gasteiger partial charge in [-0.1, -0.05) is 0 Å². The van der Waals surface area contributed by atoms with E-state index in [1.165, 1.54) is 19.1 Å². The highest BCUT2D eigenvalue weighted by atomic mass is 32.2. The first-order chi connectivity index (χ1) is 7.94. The van der Waals surface area contributed by atoms with Gasteiger partial charge in [-0.25, -0.2) is 13.4 Å². The van der Waals surface area contributed by atoms with E-state index in [2.05, 4.69) is 10.3 Å². The summed E-state index contributed by atoms with van der Waals surface area (Å²) in [7, 11) is -2.87. The van der Waals surface area contributed by atoms with Crippen LogP contribution in [-0.2, 0) is 16.4 Å². The number of sulfone groups is 1. The van der Waals surface area contributed by atoms with Crippen molar-refractivity contribution in [3.8, 4) is 0 Å². The van der Waals surface area contributed by atoms with E-state index < -0.39 is 9.84 Å². The van der Waals surface area contributed by atoms with Gasteiger partial charge in [0.25, 0.3) is 0 Å². The van der Waals surface area contributed by atoms with Crippen molar-refractivity contribution in [1.82, 2.24) is 9.55 Å². The Morgan fingerprint density at radius 1 is 1.53 bits per heavy atom. The first-order valence-electron chi connectivity index (χ1n) is 5.92. The maximum atomic E-state index is 11.1.